The van der Waals surface area contributed by atoms with Crippen molar-refractivity contribution in [3.8, 4) is 0 Å². The summed E-state index contributed by atoms with van der Waals surface area (Å²) in [6, 6.07) is 4.17. The van der Waals surface area contributed by atoms with Gasteiger partial charge >= 0.3 is 5.69 Å². The molecule has 0 spiro atoms. The van der Waals surface area contributed by atoms with Gasteiger partial charge in [-0.1, -0.05) is 0 Å². The molecule has 8 nitrogen and oxygen atoms in total. The lowest BCUT2D eigenvalue weighted by molar-refractivity contribution is 0.544. The molecule has 4 heterocycles. The Hall–Kier alpha value is -2.46. The van der Waals surface area contributed by atoms with Crippen LogP contribution < -0.4 is 11.0 Å². The zero-order chi connectivity index (χ0) is 20.3. The molecular formula is C19H23N7OS2. The van der Waals surface area contributed by atoms with Crippen LogP contribution in [0.15, 0.2) is 23.1 Å². The average molecular weight is 430 g/mol. The second-order valence-corrected chi connectivity index (χ2v) is 13.0. The third-order valence-corrected chi connectivity index (χ3v) is 8.88. The maximum Gasteiger partial charge on any atom is 0.330 e. The number of hydrogen-bond acceptors (Lipinski definition) is 7. The van der Waals surface area contributed by atoms with Crippen molar-refractivity contribution >= 4 is 55.6 Å². The molecule has 1 aliphatic rings. The lowest BCUT2D eigenvalue weighted by atomic mass is 10.2. The number of imidazole rings is 1. The first kappa shape index (κ1) is 18.6. The van der Waals surface area contributed by atoms with Crippen LogP contribution in [0.3, 0.4) is 0 Å². The van der Waals surface area contributed by atoms with Crippen LogP contribution in [0.1, 0.15) is 18.0 Å². The van der Waals surface area contributed by atoms with Gasteiger partial charge in [-0.05, 0) is 55.1 Å². The molecule has 5 rings (SSSR count). The molecular weight excluding hydrogens is 406 g/mol. The van der Waals surface area contributed by atoms with Crippen molar-refractivity contribution in [2.75, 3.05) is 29.3 Å². The highest BCUT2D eigenvalue weighted by atomic mass is 32.3. The molecule has 152 valence electrons. The molecule has 1 N–H and O–H groups in total. The van der Waals surface area contributed by atoms with Crippen molar-refractivity contribution in [3.63, 3.8) is 0 Å². The summed E-state index contributed by atoms with van der Waals surface area (Å²) in [7, 11) is 1.15. The number of nitrogens with one attached hydrogen (secondary N) is 1. The SMILES string of the molecule is Cc1cc2nsnc2cc1Nc1ncc2c(n1)n(C1CCS(C)(C)C1)c(=O)n2C. The Morgan fingerprint density at radius 1 is 1.24 bits per heavy atom. The number of aromatic nitrogens is 6. The van der Waals surface area contributed by atoms with E-state index in [-0.39, 0.29) is 11.7 Å². The third-order valence-electron chi connectivity index (χ3n) is 5.69. The first-order chi connectivity index (χ1) is 13.8. The van der Waals surface area contributed by atoms with Gasteiger partial charge in [0.05, 0.1) is 17.9 Å². The Kier molecular flexibility index (Phi) is 4.18. The first-order valence-electron chi connectivity index (χ1n) is 9.45. The van der Waals surface area contributed by atoms with Gasteiger partial charge in [0.25, 0.3) is 0 Å². The minimum Gasteiger partial charge on any atom is -0.324 e. The van der Waals surface area contributed by atoms with Gasteiger partial charge in [-0.3, -0.25) is 9.13 Å². The fourth-order valence-corrected chi connectivity index (χ4v) is 7.01. The lowest BCUT2D eigenvalue weighted by Crippen LogP contribution is -2.26. The Bertz CT molecular complexity index is 1300. The predicted octanol–water partition coefficient (Wildman–Crippen LogP) is 3.20. The van der Waals surface area contributed by atoms with Gasteiger partial charge in [-0.2, -0.15) is 13.7 Å². The van der Waals surface area contributed by atoms with E-state index in [1.807, 2.05) is 23.6 Å². The number of fused-ring (bicyclic) bond motifs is 2. The zero-order valence-corrected chi connectivity index (χ0v) is 18.5. The van der Waals surface area contributed by atoms with Crippen molar-refractivity contribution in [1.29, 1.82) is 0 Å². The molecule has 0 aliphatic carbocycles. The maximum atomic E-state index is 13.0. The number of anilines is 2. The fourth-order valence-electron chi connectivity index (χ4n) is 4.06. The number of rotatable bonds is 3. The van der Waals surface area contributed by atoms with E-state index in [9.17, 15) is 4.79 Å². The molecule has 1 saturated heterocycles. The van der Waals surface area contributed by atoms with Crippen LogP contribution in [0, 0.1) is 6.92 Å². The quantitative estimate of drug-likeness (QED) is 0.538. The highest BCUT2D eigenvalue weighted by Crippen LogP contribution is 2.51. The summed E-state index contributed by atoms with van der Waals surface area (Å²) >= 11 is 1.20. The van der Waals surface area contributed by atoms with Crippen LogP contribution in [0.2, 0.25) is 0 Å². The van der Waals surface area contributed by atoms with Crippen molar-refractivity contribution in [1.82, 2.24) is 27.8 Å². The molecule has 10 heteroatoms. The molecule has 1 aliphatic heterocycles. The molecule has 1 atom stereocenters. The van der Waals surface area contributed by atoms with E-state index < -0.39 is 10.0 Å². The van der Waals surface area contributed by atoms with Crippen LogP contribution in [0.5, 0.6) is 0 Å². The molecule has 29 heavy (non-hydrogen) atoms. The summed E-state index contributed by atoms with van der Waals surface area (Å²) in [5, 5.41) is 3.30. The summed E-state index contributed by atoms with van der Waals surface area (Å²) in [5.74, 6) is 2.73. The monoisotopic (exact) mass is 429 g/mol. The van der Waals surface area contributed by atoms with E-state index >= 15 is 0 Å². The summed E-state index contributed by atoms with van der Waals surface area (Å²) in [4.78, 5) is 22.2. The van der Waals surface area contributed by atoms with Crippen molar-refractivity contribution < 1.29 is 0 Å². The van der Waals surface area contributed by atoms with Crippen LogP contribution in [0.4, 0.5) is 11.6 Å². The van der Waals surface area contributed by atoms with Gasteiger partial charge < -0.3 is 5.32 Å². The molecule has 0 radical (unpaired) electrons. The van der Waals surface area contributed by atoms with E-state index in [0.29, 0.717) is 11.6 Å². The Morgan fingerprint density at radius 2 is 2.00 bits per heavy atom. The van der Waals surface area contributed by atoms with Crippen LogP contribution in [-0.4, -0.2) is 51.9 Å². The van der Waals surface area contributed by atoms with Crippen LogP contribution >= 0.6 is 21.8 Å². The fraction of sp³-hybridized carbons (Fsp3) is 0.421. The average Bonchev–Trinajstić information content (AvgIpc) is 3.33. The largest absolute Gasteiger partial charge is 0.330 e. The standard InChI is InChI=1S/C19H23N7OS2/c1-11-7-14-15(24-28-23-14)8-13(11)21-18-20-9-16-17(22-18)26(19(27)25(16)2)12-5-6-29(3,4)10-12/h7-9,12H,5-6,10H2,1-4H3,(H,20,21,22). The predicted molar refractivity (Wildman–Crippen MR) is 121 cm³/mol. The third kappa shape index (κ3) is 3.10. The summed E-state index contributed by atoms with van der Waals surface area (Å²) in [6.45, 7) is 2.02. The Labute approximate surface area is 173 Å². The first-order valence-corrected chi connectivity index (χ1v) is 13.0. The normalized spacial score (nSPS) is 19.8. The molecule has 0 saturated carbocycles. The van der Waals surface area contributed by atoms with Gasteiger partial charge in [0.15, 0.2) is 5.65 Å². The number of aryl methyl sites for hydroxylation is 2. The van der Waals surface area contributed by atoms with Gasteiger partial charge in [0.1, 0.15) is 16.6 Å². The highest BCUT2D eigenvalue weighted by molar-refractivity contribution is 8.32. The highest BCUT2D eigenvalue weighted by Gasteiger charge is 2.31. The maximum absolute atomic E-state index is 13.0. The number of nitrogens with zero attached hydrogens (tertiary/aromatic N) is 6. The van der Waals surface area contributed by atoms with Gasteiger partial charge in [-0.25, -0.2) is 19.8 Å². The number of benzene rings is 1. The minimum atomic E-state index is -0.639. The van der Waals surface area contributed by atoms with E-state index in [1.54, 1.807) is 17.8 Å². The smallest absolute Gasteiger partial charge is 0.324 e. The van der Waals surface area contributed by atoms with E-state index in [2.05, 4.69) is 31.6 Å². The second kappa shape index (κ2) is 6.53. The van der Waals surface area contributed by atoms with E-state index in [1.165, 1.54) is 17.5 Å². The Balaban J connectivity index is 1.58. The van der Waals surface area contributed by atoms with Gasteiger partial charge in [0.2, 0.25) is 5.95 Å². The van der Waals surface area contributed by atoms with Crippen molar-refractivity contribution in [2.45, 2.75) is 19.4 Å². The minimum absolute atomic E-state index is 0.0142. The molecule has 3 aromatic heterocycles. The number of hydrogen-bond donors (Lipinski definition) is 1. The molecule has 0 bridgehead atoms. The lowest BCUT2D eigenvalue weighted by Gasteiger charge is -2.24. The second-order valence-electron chi connectivity index (χ2n) is 8.24. The summed E-state index contributed by atoms with van der Waals surface area (Å²) < 4.78 is 12.1. The van der Waals surface area contributed by atoms with E-state index in [4.69, 9.17) is 4.98 Å². The van der Waals surface area contributed by atoms with Gasteiger partial charge in [-0.15, -0.1) is 0 Å². The summed E-state index contributed by atoms with van der Waals surface area (Å²) in [6.07, 6.45) is 7.45. The van der Waals surface area contributed by atoms with Crippen molar-refractivity contribution in [3.05, 3.63) is 34.4 Å². The van der Waals surface area contributed by atoms with E-state index in [0.717, 1.165) is 40.0 Å². The Morgan fingerprint density at radius 3 is 2.72 bits per heavy atom. The van der Waals surface area contributed by atoms with Crippen molar-refractivity contribution in [2.24, 2.45) is 7.05 Å². The zero-order valence-electron chi connectivity index (χ0n) is 16.8. The molecule has 4 aromatic rings. The molecule has 1 aromatic carbocycles. The molecule has 1 unspecified atom stereocenters. The topological polar surface area (TPSA) is 90.5 Å². The van der Waals surface area contributed by atoms with Gasteiger partial charge in [0, 0.05) is 18.8 Å². The summed E-state index contributed by atoms with van der Waals surface area (Å²) in [5.41, 5.74) is 5.11. The molecule has 0 amide bonds. The van der Waals surface area contributed by atoms with Crippen LogP contribution in [0.25, 0.3) is 22.2 Å². The van der Waals surface area contributed by atoms with Crippen LogP contribution in [-0.2, 0) is 7.05 Å². The molecule has 1 fully saturated rings.